The third-order valence-corrected chi connectivity index (χ3v) is 3.81. The smallest absolute Gasteiger partial charge is 0.0873 e. The molecule has 2 aliphatic carbocycles. The lowest BCUT2D eigenvalue weighted by atomic mass is 9.85. The van der Waals surface area contributed by atoms with Gasteiger partial charge in [-0.2, -0.15) is 0 Å². The molecule has 4 atom stereocenters. The van der Waals surface area contributed by atoms with Crippen LogP contribution in [0.5, 0.6) is 0 Å². The molecule has 2 N–H and O–H groups in total. The number of benzene rings is 1. The van der Waals surface area contributed by atoms with Crippen LogP contribution in [0, 0.1) is 6.92 Å². The molecule has 0 spiro atoms. The number of hydrogen-bond acceptors (Lipinski definition) is 2. The molecule has 0 aliphatic heterocycles. The van der Waals surface area contributed by atoms with Crippen molar-refractivity contribution in [2.75, 3.05) is 0 Å². The van der Waals surface area contributed by atoms with Crippen molar-refractivity contribution in [3.8, 4) is 0 Å². The van der Waals surface area contributed by atoms with E-state index < -0.39 is 12.2 Å². The Morgan fingerprint density at radius 2 is 1.86 bits per heavy atom. The SMILES string of the molecule is Cc1cccc2c1C1CC2[C@H](O)[C@@H]1O. The van der Waals surface area contributed by atoms with Gasteiger partial charge in [0.1, 0.15) is 0 Å². The molecule has 0 amide bonds. The molecule has 0 saturated heterocycles. The molecule has 74 valence electrons. The van der Waals surface area contributed by atoms with Crippen LogP contribution in [0.25, 0.3) is 0 Å². The molecule has 3 rings (SSSR count). The molecular formula is C12H14O2. The van der Waals surface area contributed by atoms with Crippen LogP contribution in [0.3, 0.4) is 0 Å². The zero-order chi connectivity index (χ0) is 9.87. The first-order valence-electron chi connectivity index (χ1n) is 5.15. The topological polar surface area (TPSA) is 40.5 Å². The van der Waals surface area contributed by atoms with Gasteiger partial charge in [-0.05, 0) is 30.0 Å². The van der Waals surface area contributed by atoms with Crippen molar-refractivity contribution in [1.82, 2.24) is 0 Å². The fourth-order valence-electron chi connectivity index (χ4n) is 3.16. The zero-order valence-electron chi connectivity index (χ0n) is 8.14. The molecule has 1 aromatic carbocycles. The summed E-state index contributed by atoms with van der Waals surface area (Å²) in [5, 5.41) is 19.6. The van der Waals surface area contributed by atoms with Crippen molar-refractivity contribution < 1.29 is 10.2 Å². The molecule has 14 heavy (non-hydrogen) atoms. The van der Waals surface area contributed by atoms with E-state index in [9.17, 15) is 10.2 Å². The lowest BCUT2D eigenvalue weighted by Gasteiger charge is -2.26. The van der Waals surface area contributed by atoms with Crippen LogP contribution in [-0.4, -0.2) is 22.4 Å². The van der Waals surface area contributed by atoms with Crippen LogP contribution >= 0.6 is 0 Å². The minimum absolute atomic E-state index is 0.171. The molecule has 0 heterocycles. The van der Waals surface area contributed by atoms with Crippen LogP contribution in [0.2, 0.25) is 0 Å². The van der Waals surface area contributed by atoms with Gasteiger partial charge in [-0.1, -0.05) is 18.2 Å². The van der Waals surface area contributed by atoms with Crippen LogP contribution in [0.15, 0.2) is 18.2 Å². The standard InChI is InChI=1S/C12H14O2/c1-6-3-2-4-7-8-5-9(10(6)7)12(14)11(8)13/h2-4,8-9,11-14H,5H2,1H3/t8?,9?,11-,12+/m0/s1. The number of aliphatic hydroxyl groups excluding tert-OH is 2. The van der Waals surface area contributed by atoms with Gasteiger partial charge in [-0.25, -0.2) is 0 Å². The Hall–Kier alpha value is -0.860. The molecule has 1 saturated carbocycles. The third-order valence-electron chi connectivity index (χ3n) is 3.81. The Morgan fingerprint density at radius 1 is 1.14 bits per heavy atom. The van der Waals surface area contributed by atoms with Crippen molar-refractivity contribution in [2.45, 2.75) is 37.4 Å². The van der Waals surface area contributed by atoms with Crippen LogP contribution in [0.4, 0.5) is 0 Å². The first-order valence-corrected chi connectivity index (χ1v) is 5.15. The molecule has 2 nitrogen and oxygen atoms in total. The molecule has 1 fully saturated rings. The Kier molecular flexibility index (Phi) is 1.56. The van der Waals surface area contributed by atoms with Crippen molar-refractivity contribution in [1.29, 1.82) is 0 Å². The predicted molar refractivity (Wildman–Crippen MR) is 53.3 cm³/mol. The van der Waals surface area contributed by atoms with Crippen LogP contribution in [0.1, 0.15) is 34.9 Å². The summed E-state index contributed by atoms with van der Waals surface area (Å²) in [5.74, 6) is 0.344. The van der Waals surface area contributed by atoms with Crippen LogP contribution in [-0.2, 0) is 0 Å². The second-order valence-corrected chi connectivity index (χ2v) is 4.51. The molecule has 2 unspecified atom stereocenters. The summed E-state index contributed by atoms with van der Waals surface area (Å²) in [6.07, 6.45) is -0.175. The third kappa shape index (κ3) is 0.830. The van der Waals surface area contributed by atoms with Crippen molar-refractivity contribution in [2.24, 2.45) is 0 Å². The van der Waals surface area contributed by atoms with Gasteiger partial charge in [-0.3, -0.25) is 0 Å². The van der Waals surface area contributed by atoms with Gasteiger partial charge in [0.05, 0.1) is 12.2 Å². The highest BCUT2D eigenvalue weighted by Gasteiger charge is 2.50. The van der Waals surface area contributed by atoms with E-state index in [2.05, 4.69) is 19.1 Å². The maximum absolute atomic E-state index is 9.81. The molecule has 1 aromatic rings. The molecule has 0 radical (unpaired) electrons. The van der Waals surface area contributed by atoms with Crippen molar-refractivity contribution in [3.05, 3.63) is 34.9 Å². The first-order chi connectivity index (χ1) is 6.70. The van der Waals surface area contributed by atoms with E-state index in [0.29, 0.717) is 0 Å². The van der Waals surface area contributed by atoms with Crippen molar-refractivity contribution in [3.63, 3.8) is 0 Å². The van der Waals surface area contributed by atoms with Gasteiger partial charge in [0.2, 0.25) is 0 Å². The monoisotopic (exact) mass is 190 g/mol. The quantitative estimate of drug-likeness (QED) is 0.647. The van der Waals surface area contributed by atoms with E-state index in [-0.39, 0.29) is 11.8 Å². The molecular weight excluding hydrogens is 176 g/mol. The van der Waals surface area contributed by atoms with E-state index in [1.807, 2.05) is 6.07 Å². The van der Waals surface area contributed by atoms with Gasteiger partial charge in [-0.15, -0.1) is 0 Å². The second-order valence-electron chi connectivity index (χ2n) is 4.51. The average molecular weight is 190 g/mol. The van der Waals surface area contributed by atoms with Gasteiger partial charge >= 0.3 is 0 Å². The van der Waals surface area contributed by atoms with E-state index in [0.717, 1.165) is 6.42 Å². The number of hydrogen-bond donors (Lipinski definition) is 2. The maximum atomic E-state index is 9.81. The summed E-state index contributed by atoms with van der Waals surface area (Å²) in [6.45, 7) is 2.08. The lowest BCUT2D eigenvalue weighted by Crippen LogP contribution is -2.31. The van der Waals surface area contributed by atoms with Gasteiger partial charge < -0.3 is 10.2 Å². The lowest BCUT2D eigenvalue weighted by molar-refractivity contribution is 0.0215. The first kappa shape index (κ1) is 8.45. The number of aryl methyl sites for hydroxylation is 1. The van der Waals surface area contributed by atoms with E-state index in [1.165, 1.54) is 16.7 Å². The largest absolute Gasteiger partial charge is 0.390 e. The summed E-state index contributed by atoms with van der Waals surface area (Å²) in [4.78, 5) is 0. The zero-order valence-corrected chi connectivity index (χ0v) is 8.14. The normalized spacial score (nSPS) is 38.8. The summed E-state index contributed by atoms with van der Waals surface area (Å²) in [7, 11) is 0. The Bertz CT molecular complexity index is 386. The van der Waals surface area contributed by atoms with Crippen molar-refractivity contribution >= 4 is 0 Å². The fraction of sp³-hybridized carbons (Fsp3) is 0.500. The summed E-state index contributed by atoms with van der Waals surface area (Å²) in [5.41, 5.74) is 3.80. The molecule has 0 aromatic heterocycles. The van der Waals surface area contributed by atoms with Gasteiger partial charge in [0.15, 0.2) is 0 Å². The van der Waals surface area contributed by atoms with Gasteiger partial charge in [0, 0.05) is 11.8 Å². The minimum Gasteiger partial charge on any atom is -0.390 e. The fourth-order valence-corrected chi connectivity index (χ4v) is 3.16. The predicted octanol–water partition coefficient (Wildman–Crippen LogP) is 1.30. The van der Waals surface area contributed by atoms with Crippen LogP contribution < -0.4 is 0 Å². The Labute approximate surface area is 83.2 Å². The highest BCUT2D eigenvalue weighted by Crippen LogP contribution is 2.53. The highest BCUT2D eigenvalue weighted by atomic mass is 16.3. The van der Waals surface area contributed by atoms with Gasteiger partial charge in [0.25, 0.3) is 0 Å². The number of aliphatic hydroxyl groups is 2. The summed E-state index contributed by atoms with van der Waals surface area (Å²) < 4.78 is 0. The molecule has 2 bridgehead atoms. The molecule has 2 heteroatoms. The van der Waals surface area contributed by atoms with E-state index in [1.54, 1.807) is 0 Å². The highest BCUT2D eigenvalue weighted by molar-refractivity contribution is 5.48. The minimum atomic E-state index is -0.548. The number of rotatable bonds is 0. The Morgan fingerprint density at radius 3 is 2.64 bits per heavy atom. The van der Waals surface area contributed by atoms with E-state index in [4.69, 9.17) is 0 Å². The van der Waals surface area contributed by atoms with E-state index >= 15 is 0 Å². The number of fused-ring (bicyclic) bond motifs is 5. The average Bonchev–Trinajstić information content (AvgIpc) is 2.67. The second kappa shape index (κ2) is 2.59. The maximum Gasteiger partial charge on any atom is 0.0873 e. The Balaban J connectivity index is 2.20. The summed E-state index contributed by atoms with van der Waals surface area (Å²) in [6, 6.07) is 6.20. The molecule has 2 aliphatic rings. The summed E-state index contributed by atoms with van der Waals surface area (Å²) >= 11 is 0.